The van der Waals surface area contributed by atoms with Crippen LogP contribution >= 0.6 is 0 Å². The van der Waals surface area contributed by atoms with Gasteiger partial charge >= 0.3 is 11.8 Å². The first kappa shape index (κ1) is 22.3. The number of benzene rings is 2. The van der Waals surface area contributed by atoms with Gasteiger partial charge in [-0.05, 0) is 74.5 Å². The lowest BCUT2D eigenvalue weighted by molar-refractivity contribution is -0.136. The maximum Gasteiger partial charge on any atom is 0.313 e. The molecule has 2 aliphatic heterocycles. The number of anilines is 2. The third-order valence-electron chi connectivity index (χ3n) is 6.73. The minimum absolute atomic E-state index is 0.0723. The first-order valence-electron chi connectivity index (χ1n) is 11.8. The molecule has 1 saturated heterocycles. The van der Waals surface area contributed by atoms with Crippen molar-refractivity contribution in [3.05, 3.63) is 59.2 Å². The lowest BCUT2D eigenvalue weighted by atomic mass is 9.95. The van der Waals surface area contributed by atoms with Crippen LogP contribution in [0.5, 0.6) is 0 Å². The third-order valence-corrected chi connectivity index (χ3v) is 6.73. The van der Waals surface area contributed by atoms with Crippen LogP contribution in [0.25, 0.3) is 0 Å². The van der Waals surface area contributed by atoms with Crippen LogP contribution in [0.3, 0.4) is 0 Å². The first-order chi connectivity index (χ1) is 15.5. The molecule has 0 radical (unpaired) electrons. The Bertz CT molecular complexity index is 968. The lowest BCUT2D eigenvalue weighted by Crippen LogP contribution is -2.43. The maximum absolute atomic E-state index is 12.6. The van der Waals surface area contributed by atoms with Crippen molar-refractivity contribution in [3.8, 4) is 0 Å². The molecule has 32 heavy (non-hydrogen) atoms. The third kappa shape index (κ3) is 5.13. The molecule has 1 fully saturated rings. The average molecular weight is 435 g/mol. The number of piperidine rings is 1. The Morgan fingerprint density at radius 1 is 0.969 bits per heavy atom. The molecule has 2 aromatic rings. The Morgan fingerprint density at radius 2 is 1.75 bits per heavy atom. The maximum atomic E-state index is 12.6. The molecule has 2 aromatic carbocycles. The van der Waals surface area contributed by atoms with Crippen LogP contribution in [-0.2, 0) is 16.0 Å². The Labute approximate surface area is 191 Å². The summed E-state index contributed by atoms with van der Waals surface area (Å²) in [4.78, 5) is 29.9. The Hall–Kier alpha value is -2.86. The number of fused-ring (bicyclic) bond motifs is 1. The summed E-state index contributed by atoms with van der Waals surface area (Å²) in [5, 5.41) is 5.63. The van der Waals surface area contributed by atoms with Gasteiger partial charge in [0, 0.05) is 31.5 Å². The quantitative estimate of drug-likeness (QED) is 0.705. The number of amides is 2. The number of carbonyl (C=O) groups is 2. The minimum atomic E-state index is -0.622. The second-order valence-corrected chi connectivity index (χ2v) is 9.00. The standard InChI is InChI=1S/C26H34N4O2/c1-19-9-4-5-11-22(19)28-26(32)25(31)27-18-24(30-15-6-3-7-16-30)21-12-13-23-20(17-21)10-8-14-29(23)2/h4-5,9,11-13,17,24H,3,6-8,10,14-16,18H2,1-2H3,(H,27,31)(H,28,32). The molecular weight excluding hydrogens is 400 g/mol. The van der Waals surface area contributed by atoms with Gasteiger partial charge in [-0.15, -0.1) is 0 Å². The molecule has 2 N–H and O–H groups in total. The van der Waals surface area contributed by atoms with Crippen LogP contribution in [0.4, 0.5) is 11.4 Å². The molecule has 1 atom stereocenters. The van der Waals surface area contributed by atoms with Crippen molar-refractivity contribution in [1.29, 1.82) is 0 Å². The van der Waals surface area contributed by atoms with Gasteiger partial charge in [0.05, 0.1) is 6.04 Å². The van der Waals surface area contributed by atoms with E-state index in [9.17, 15) is 9.59 Å². The Morgan fingerprint density at radius 3 is 2.53 bits per heavy atom. The van der Waals surface area contributed by atoms with Gasteiger partial charge in [0.1, 0.15) is 0 Å². The second-order valence-electron chi connectivity index (χ2n) is 9.00. The fraction of sp³-hybridized carbons (Fsp3) is 0.462. The van der Waals surface area contributed by atoms with Crippen molar-refractivity contribution in [2.45, 2.75) is 45.1 Å². The second kappa shape index (κ2) is 10.2. The van der Waals surface area contributed by atoms with Crippen molar-refractivity contribution in [3.63, 3.8) is 0 Å². The number of hydrogen-bond acceptors (Lipinski definition) is 4. The van der Waals surface area contributed by atoms with E-state index in [1.807, 2.05) is 25.1 Å². The SMILES string of the molecule is Cc1ccccc1NC(=O)C(=O)NCC(c1ccc2c(c1)CCCN2C)N1CCCCC1. The molecule has 0 bridgehead atoms. The van der Waals surface area contributed by atoms with Gasteiger partial charge < -0.3 is 15.5 Å². The molecule has 0 aliphatic carbocycles. The zero-order valence-electron chi connectivity index (χ0n) is 19.2. The van der Waals surface area contributed by atoms with E-state index in [0.29, 0.717) is 12.2 Å². The Kier molecular flexibility index (Phi) is 7.10. The molecule has 0 saturated carbocycles. The van der Waals surface area contributed by atoms with E-state index in [4.69, 9.17) is 0 Å². The summed E-state index contributed by atoms with van der Waals surface area (Å²) in [7, 11) is 2.15. The van der Waals surface area contributed by atoms with E-state index in [1.165, 1.54) is 36.1 Å². The highest BCUT2D eigenvalue weighted by molar-refractivity contribution is 6.39. The van der Waals surface area contributed by atoms with E-state index in [1.54, 1.807) is 6.07 Å². The van der Waals surface area contributed by atoms with Gasteiger partial charge in [0.2, 0.25) is 0 Å². The van der Waals surface area contributed by atoms with Crippen molar-refractivity contribution in [2.75, 3.05) is 43.4 Å². The highest BCUT2D eigenvalue weighted by atomic mass is 16.2. The van der Waals surface area contributed by atoms with E-state index in [-0.39, 0.29) is 6.04 Å². The normalized spacial score (nSPS) is 17.4. The van der Waals surface area contributed by atoms with Crippen LogP contribution in [-0.4, -0.2) is 49.9 Å². The minimum Gasteiger partial charge on any atom is -0.374 e. The van der Waals surface area contributed by atoms with Gasteiger partial charge in [-0.25, -0.2) is 0 Å². The number of aryl methyl sites for hydroxylation is 2. The first-order valence-corrected chi connectivity index (χ1v) is 11.8. The molecule has 0 spiro atoms. The van der Waals surface area contributed by atoms with Gasteiger partial charge in [0.15, 0.2) is 0 Å². The van der Waals surface area contributed by atoms with Gasteiger partial charge in [-0.1, -0.05) is 36.8 Å². The van der Waals surface area contributed by atoms with Gasteiger partial charge in [0.25, 0.3) is 0 Å². The van der Waals surface area contributed by atoms with Crippen LogP contribution in [0.15, 0.2) is 42.5 Å². The van der Waals surface area contributed by atoms with Gasteiger partial charge in [-0.3, -0.25) is 14.5 Å². The van der Waals surface area contributed by atoms with Crippen molar-refractivity contribution < 1.29 is 9.59 Å². The number of rotatable bonds is 5. The van der Waals surface area contributed by atoms with E-state index >= 15 is 0 Å². The number of nitrogens with one attached hydrogen (secondary N) is 2. The average Bonchev–Trinajstić information content (AvgIpc) is 2.81. The van der Waals surface area contributed by atoms with Crippen LogP contribution in [0.1, 0.15) is 48.4 Å². The lowest BCUT2D eigenvalue weighted by Gasteiger charge is -2.36. The largest absolute Gasteiger partial charge is 0.374 e. The molecule has 4 rings (SSSR count). The predicted octanol–water partition coefficient (Wildman–Crippen LogP) is 3.66. The smallest absolute Gasteiger partial charge is 0.313 e. The van der Waals surface area contributed by atoms with E-state index in [0.717, 1.165) is 38.0 Å². The monoisotopic (exact) mass is 434 g/mol. The Balaban J connectivity index is 1.47. The molecule has 1 unspecified atom stereocenters. The summed E-state index contributed by atoms with van der Waals surface area (Å²) in [5.41, 5.74) is 5.50. The fourth-order valence-electron chi connectivity index (χ4n) is 4.86. The zero-order valence-corrected chi connectivity index (χ0v) is 19.2. The van der Waals surface area contributed by atoms with Crippen molar-refractivity contribution >= 4 is 23.2 Å². The van der Waals surface area contributed by atoms with Crippen LogP contribution < -0.4 is 15.5 Å². The van der Waals surface area contributed by atoms with E-state index < -0.39 is 11.8 Å². The molecular formula is C26H34N4O2. The highest BCUT2D eigenvalue weighted by Gasteiger charge is 2.26. The highest BCUT2D eigenvalue weighted by Crippen LogP contribution is 2.31. The summed E-state index contributed by atoms with van der Waals surface area (Å²) >= 11 is 0. The molecule has 170 valence electrons. The number of nitrogens with zero attached hydrogens (tertiary/aromatic N) is 2. The van der Waals surface area contributed by atoms with Gasteiger partial charge in [-0.2, -0.15) is 0 Å². The number of likely N-dealkylation sites (tertiary alicyclic amines) is 1. The topological polar surface area (TPSA) is 64.7 Å². The van der Waals surface area contributed by atoms with Crippen molar-refractivity contribution in [1.82, 2.24) is 10.2 Å². The summed E-state index contributed by atoms with van der Waals surface area (Å²) in [6.45, 7) is 5.47. The molecule has 2 amide bonds. The zero-order chi connectivity index (χ0) is 22.5. The number of hydrogen-bond donors (Lipinski definition) is 2. The van der Waals surface area contributed by atoms with Crippen LogP contribution in [0, 0.1) is 6.92 Å². The summed E-state index contributed by atoms with van der Waals surface area (Å²) < 4.78 is 0. The van der Waals surface area contributed by atoms with Crippen molar-refractivity contribution in [2.24, 2.45) is 0 Å². The fourth-order valence-corrected chi connectivity index (χ4v) is 4.86. The summed E-state index contributed by atoms with van der Waals surface area (Å²) in [6.07, 6.45) is 5.85. The molecule has 2 aliphatic rings. The number of carbonyl (C=O) groups excluding carboxylic acids is 2. The molecule has 0 aromatic heterocycles. The summed E-state index contributed by atoms with van der Waals surface area (Å²) in [6, 6.07) is 14.3. The van der Waals surface area contributed by atoms with E-state index in [2.05, 4.69) is 45.7 Å². The molecule has 6 heteroatoms. The van der Waals surface area contributed by atoms with Crippen LogP contribution in [0.2, 0.25) is 0 Å². The summed E-state index contributed by atoms with van der Waals surface area (Å²) in [5.74, 6) is -1.21. The predicted molar refractivity (Wildman–Crippen MR) is 129 cm³/mol. The molecule has 6 nitrogen and oxygen atoms in total. The number of para-hydroxylation sites is 1. The molecule has 2 heterocycles.